The van der Waals surface area contributed by atoms with Crippen molar-refractivity contribution in [2.75, 3.05) is 18.4 Å². The van der Waals surface area contributed by atoms with Gasteiger partial charge in [0.05, 0.1) is 11.3 Å². The lowest BCUT2D eigenvalue weighted by molar-refractivity contribution is 0.0952. The van der Waals surface area contributed by atoms with E-state index in [1.807, 2.05) is 30.3 Å². The molecule has 2 rings (SSSR count). The van der Waals surface area contributed by atoms with E-state index in [0.29, 0.717) is 12.1 Å². The molecule has 0 fully saturated rings. The van der Waals surface area contributed by atoms with Crippen molar-refractivity contribution in [3.05, 3.63) is 58.9 Å². The summed E-state index contributed by atoms with van der Waals surface area (Å²) in [6, 6.07) is 9.65. The first-order valence-electron chi connectivity index (χ1n) is 8.40. The maximum Gasteiger partial charge on any atom is 0.252 e. The number of hydrogen-bond acceptors (Lipinski definition) is 3. The van der Waals surface area contributed by atoms with Crippen LogP contribution in [-0.2, 0) is 6.42 Å². The second-order valence-electron chi connectivity index (χ2n) is 5.73. The van der Waals surface area contributed by atoms with Crippen LogP contribution in [-0.4, -0.2) is 24.0 Å². The van der Waals surface area contributed by atoms with E-state index < -0.39 is 0 Å². The van der Waals surface area contributed by atoms with Crippen LogP contribution in [0.15, 0.2) is 42.7 Å². The highest BCUT2D eigenvalue weighted by atomic mass is 35.5. The minimum atomic E-state index is -0.0721. The lowest BCUT2D eigenvalue weighted by atomic mass is 10.1. The van der Waals surface area contributed by atoms with Gasteiger partial charge in [-0.1, -0.05) is 43.5 Å². The van der Waals surface area contributed by atoms with Crippen LogP contribution in [0.3, 0.4) is 0 Å². The summed E-state index contributed by atoms with van der Waals surface area (Å²) >= 11 is 5.98. The fourth-order valence-electron chi connectivity index (χ4n) is 2.38. The Labute approximate surface area is 148 Å². The molecule has 0 atom stereocenters. The average molecular weight is 346 g/mol. The van der Waals surface area contributed by atoms with Crippen LogP contribution in [0.1, 0.15) is 42.1 Å². The first-order chi connectivity index (χ1) is 11.7. The molecule has 24 heavy (non-hydrogen) atoms. The van der Waals surface area contributed by atoms with Crippen molar-refractivity contribution < 1.29 is 4.79 Å². The summed E-state index contributed by atoms with van der Waals surface area (Å²) in [7, 11) is 0. The summed E-state index contributed by atoms with van der Waals surface area (Å²) < 4.78 is 0. The first kappa shape index (κ1) is 18.3. The quantitative estimate of drug-likeness (QED) is 0.666. The van der Waals surface area contributed by atoms with Crippen LogP contribution in [0.25, 0.3) is 0 Å². The van der Waals surface area contributed by atoms with E-state index in [2.05, 4.69) is 22.5 Å². The molecule has 0 bridgehead atoms. The summed E-state index contributed by atoms with van der Waals surface area (Å²) in [5.74, 6) is -0.0721. The SMILES string of the molecule is CCCCCNC(=O)c1cncc(NCCc2cccc(Cl)c2)c1. The highest BCUT2D eigenvalue weighted by Crippen LogP contribution is 2.12. The molecule has 0 aliphatic rings. The Morgan fingerprint density at radius 2 is 2.04 bits per heavy atom. The number of anilines is 1. The number of carbonyl (C=O) groups excluding carboxylic acids is 1. The van der Waals surface area contributed by atoms with Crippen molar-refractivity contribution in [1.82, 2.24) is 10.3 Å². The summed E-state index contributed by atoms with van der Waals surface area (Å²) in [6.45, 7) is 3.60. The highest BCUT2D eigenvalue weighted by Gasteiger charge is 2.06. The number of benzene rings is 1. The molecule has 0 spiro atoms. The standard InChI is InChI=1S/C19H24ClN3O/c1-2-3-4-9-23-19(24)16-12-18(14-21-13-16)22-10-8-15-6-5-7-17(20)11-15/h5-7,11-14,22H,2-4,8-10H2,1H3,(H,23,24). The molecule has 1 amide bonds. The second-order valence-corrected chi connectivity index (χ2v) is 6.17. The number of halogens is 1. The number of rotatable bonds is 9. The number of nitrogens with one attached hydrogen (secondary N) is 2. The van der Waals surface area contributed by atoms with Crippen molar-refractivity contribution in [3.63, 3.8) is 0 Å². The van der Waals surface area contributed by atoms with Crippen LogP contribution < -0.4 is 10.6 Å². The van der Waals surface area contributed by atoms with Crippen molar-refractivity contribution in [1.29, 1.82) is 0 Å². The van der Waals surface area contributed by atoms with E-state index >= 15 is 0 Å². The Kier molecular flexibility index (Phi) is 7.56. The van der Waals surface area contributed by atoms with E-state index in [9.17, 15) is 4.79 Å². The zero-order valence-electron chi connectivity index (χ0n) is 14.0. The lowest BCUT2D eigenvalue weighted by Gasteiger charge is -2.09. The third-order valence-electron chi connectivity index (χ3n) is 3.70. The number of unbranched alkanes of at least 4 members (excludes halogenated alkanes) is 2. The zero-order valence-corrected chi connectivity index (χ0v) is 14.8. The molecule has 0 aliphatic carbocycles. The normalized spacial score (nSPS) is 10.4. The number of aromatic nitrogens is 1. The average Bonchev–Trinajstić information content (AvgIpc) is 2.59. The monoisotopic (exact) mass is 345 g/mol. The molecule has 2 N–H and O–H groups in total. The van der Waals surface area contributed by atoms with E-state index in [1.54, 1.807) is 12.4 Å². The summed E-state index contributed by atoms with van der Waals surface area (Å²) in [5.41, 5.74) is 2.60. The molecule has 5 heteroatoms. The van der Waals surface area contributed by atoms with Crippen molar-refractivity contribution in [2.24, 2.45) is 0 Å². The van der Waals surface area contributed by atoms with E-state index in [1.165, 1.54) is 5.56 Å². The smallest absolute Gasteiger partial charge is 0.252 e. The van der Waals surface area contributed by atoms with Crippen molar-refractivity contribution in [3.8, 4) is 0 Å². The topological polar surface area (TPSA) is 54.0 Å². The summed E-state index contributed by atoms with van der Waals surface area (Å²) in [6.07, 6.45) is 7.46. The Balaban J connectivity index is 1.82. The molecule has 1 aromatic carbocycles. The number of nitrogens with zero attached hydrogens (tertiary/aromatic N) is 1. The van der Waals surface area contributed by atoms with Gasteiger partial charge in [-0.15, -0.1) is 0 Å². The molecule has 2 aromatic rings. The number of amides is 1. The molecule has 0 saturated carbocycles. The minimum absolute atomic E-state index is 0.0721. The molecule has 1 aromatic heterocycles. The molecular formula is C19H24ClN3O. The summed E-state index contributed by atoms with van der Waals surface area (Å²) in [4.78, 5) is 16.2. The van der Waals surface area contributed by atoms with Gasteiger partial charge in [0.2, 0.25) is 0 Å². The van der Waals surface area contributed by atoms with Crippen LogP contribution in [0.5, 0.6) is 0 Å². The van der Waals surface area contributed by atoms with Crippen LogP contribution >= 0.6 is 11.6 Å². The van der Waals surface area contributed by atoms with Gasteiger partial charge in [0.1, 0.15) is 0 Å². The van der Waals surface area contributed by atoms with Gasteiger partial charge in [-0.25, -0.2) is 0 Å². The Bertz CT molecular complexity index is 661. The number of carbonyl (C=O) groups is 1. The van der Waals surface area contributed by atoms with E-state index in [0.717, 1.165) is 42.9 Å². The van der Waals surface area contributed by atoms with Crippen LogP contribution in [0, 0.1) is 0 Å². The van der Waals surface area contributed by atoms with E-state index in [-0.39, 0.29) is 5.91 Å². The molecule has 0 unspecified atom stereocenters. The maximum atomic E-state index is 12.1. The predicted octanol–water partition coefficient (Wildman–Crippen LogP) is 4.31. The van der Waals surface area contributed by atoms with Crippen molar-refractivity contribution >= 4 is 23.2 Å². The fourth-order valence-corrected chi connectivity index (χ4v) is 2.60. The largest absolute Gasteiger partial charge is 0.383 e. The van der Waals surface area contributed by atoms with Gasteiger partial charge < -0.3 is 10.6 Å². The Morgan fingerprint density at radius 3 is 2.83 bits per heavy atom. The van der Waals surface area contributed by atoms with Crippen molar-refractivity contribution in [2.45, 2.75) is 32.6 Å². The predicted molar refractivity (Wildman–Crippen MR) is 99.7 cm³/mol. The third kappa shape index (κ3) is 6.20. The molecular weight excluding hydrogens is 322 g/mol. The van der Waals surface area contributed by atoms with Gasteiger partial charge in [-0.05, 0) is 36.6 Å². The minimum Gasteiger partial charge on any atom is -0.383 e. The van der Waals surface area contributed by atoms with Gasteiger partial charge in [0.15, 0.2) is 0 Å². The molecule has 128 valence electrons. The molecule has 0 aliphatic heterocycles. The molecule has 0 radical (unpaired) electrons. The third-order valence-corrected chi connectivity index (χ3v) is 3.93. The van der Waals surface area contributed by atoms with Crippen LogP contribution in [0.4, 0.5) is 5.69 Å². The van der Waals surface area contributed by atoms with E-state index in [4.69, 9.17) is 11.6 Å². The first-order valence-corrected chi connectivity index (χ1v) is 8.78. The zero-order chi connectivity index (χ0) is 17.2. The molecule has 1 heterocycles. The van der Waals surface area contributed by atoms with Gasteiger partial charge in [0.25, 0.3) is 5.91 Å². The highest BCUT2D eigenvalue weighted by molar-refractivity contribution is 6.30. The Morgan fingerprint density at radius 1 is 1.17 bits per heavy atom. The Hall–Kier alpha value is -2.07. The van der Waals surface area contributed by atoms with Gasteiger partial charge in [0, 0.05) is 30.5 Å². The lowest BCUT2D eigenvalue weighted by Crippen LogP contribution is -2.24. The fraction of sp³-hybridized carbons (Fsp3) is 0.368. The maximum absolute atomic E-state index is 12.1. The van der Waals surface area contributed by atoms with Gasteiger partial charge in [-0.2, -0.15) is 0 Å². The number of pyridine rings is 1. The summed E-state index contributed by atoms with van der Waals surface area (Å²) in [5, 5.41) is 6.97. The van der Waals surface area contributed by atoms with Gasteiger partial charge in [-0.3, -0.25) is 9.78 Å². The molecule has 0 saturated heterocycles. The number of hydrogen-bond donors (Lipinski definition) is 2. The second kappa shape index (κ2) is 9.93. The van der Waals surface area contributed by atoms with Gasteiger partial charge >= 0.3 is 0 Å². The molecule has 4 nitrogen and oxygen atoms in total. The van der Waals surface area contributed by atoms with Crippen LogP contribution in [0.2, 0.25) is 5.02 Å².